The number of piperidine rings is 1. The van der Waals surface area contributed by atoms with Crippen molar-refractivity contribution in [2.24, 2.45) is 5.92 Å². The molecule has 0 radical (unpaired) electrons. The fourth-order valence-electron chi connectivity index (χ4n) is 4.59. The lowest BCUT2D eigenvalue weighted by Crippen LogP contribution is -2.33. The van der Waals surface area contributed by atoms with Gasteiger partial charge in [0.2, 0.25) is 0 Å². The van der Waals surface area contributed by atoms with E-state index < -0.39 is 0 Å². The van der Waals surface area contributed by atoms with Gasteiger partial charge in [-0.25, -0.2) is 0 Å². The molecule has 0 N–H and O–H groups in total. The van der Waals surface area contributed by atoms with Gasteiger partial charge in [0.15, 0.2) is 0 Å². The Bertz CT molecular complexity index is 753. The minimum atomic E-state index is 0.997. The molecule has 1 aliphatic heterocycles. The van der Waals surface area contributed by atoms with E-state index in [0.717, 1.165) is 18.0 Å². The van der Waals surface area contributed by atoms with Gasteiger partial charge in [-0.2, -0.15) is 0 Å². The molecule has 1 fully saturated rings. The molecule has 0 bridgehead atoms. The smallest absolute Gasteiger partial charge is 0.0233 e. The first-order valence-electron chi connectivity index (χ1n) is 12.6. The van der Waals surface area contributed by atoms with Crippen molar-refractivity contribution >= 4 is 5.57 Å². The van der Waals surface area contributed by atoms with Crippen molar-refractivity contribution in [1.29, 1.82) is 0 Å². The fourth-order valence-corrected chi connectivity index (χ4v) is 4.59. The second kappa shape index (κ2) is 14.2. The third-order valence-corrected chi connectivity index (χ3v) is 6.39. The molecule has 0 aromatic heterocycles. The standard InChI is InChI=1S/C15H23N.C15H22/c1-2-6-14-9-11-16(12-10-14)13-15-7-4-3-5-8-15;1-5-7-13-9-10-14(12(3)4)11-15(13)8-6-2/h3-5,7-8,14H,2,6,9-13H2,1H3;9-11H,3,5-8H2,1-2,4H3. The minimum absolute atomic E-state index is 0.997. The van der Waals surface area contributed by atoms with Gasteiger partial charge in [-0.05, 0) is 73.9 Å². The lowest BCUT2D eigenvalue weighted by Gasteiger charge is -2.31. The summed E-state index contributed by atoms with van der Waals surface area (Å²) < 4.78 is 0. The van der Waals surface area contributed by atoms with Crippen LogP contribution in [0.2, 0.25) is 0 Å². The Morgan fingerprint density at radius 2 is 1.52 bits per heavy atom. The number of allylic oxidation sites excluding steroid dienone is 1. The monoisotopic (exact) mass is 419 g/mol. The highest BCUT2D eigenvalue weighted by atomic mass is 15.1. The van der Waals surface area contributed by atoms with Crippen molar-refractivity contribution < 1.29 is 0 Å². The predicted octanol–water partition coefficient (Wildman–Crippen LogP) is 8.32. The van der Waals surface area contributed by atoms with E-state index in [1.54, 1.807) is 0 Å². The zero-order chi connectivity index (χ0) is 22.5. The average molecular weight is 420 g/mol. The first-order chi connectivity index (χ1) is 15.1. The van der Waals surface area contributed by atoms with Crippen molar-refractivity contribution in [3.63, 3.8) is 0 Å². The number of hydrogen-bond acceptors (Lipinski definition) is 1. The molecule has 0 spiro atoms. The van der Waals surface area contributed by atoms with E-state index in [9.17, 15) is 0 Å². The Hall–Kier alpha value is -1.86. The summed E-state index contributed by atoms with van der Waals surface area (Å²) in [4.78, 5) is 2.60. The largest absolute Gasteiger partial charge is 0.299 e. The van der Waals surface area contributed by atoms with Crippen LogP contribution in [0, 0.1) is 5.92 Å². The number of rotatable bonds is 9. The van der Waals surface area contributed by atoms with Crippen LogP contribution in [0.1, 0.15) is 88.5 Å². The lowest BCUT2D eigenvalue weighted by atomic mass is 9.92. The van der Waals surface area contributed by atoms with E-state index in [4.69, 9.17) is 0 Å². The van der Waals surface area contributed by atoms with E-state index in [0.29, 0.717) is 0 Å². The molecule has 1 aliphatic rings. The SMILES string of the molecule is C=C(C)c1ccc(CCC)c(CCC)c1.CCCC1CCN(Cc2ccccc2)CC1. The highest BCUT2D eigenvalue weighted by Gasteiger charge is 2.18. The number of nitrogens with zero attached hydrogens (tertiary/aromatic N) is 1. The molecule has 1 heterocycles. The van der Waals surface area contributed by atoms with Gasteiger partial charge >= 0.3 is 0 Å². The molecule has 0 aliphatic carbocycles. The van der Waals surface area contributed by atoms with Crippen LogP contribution in [0.15, 0.2) is 55.1 Å². The van der Waals surface area contributed by atoms with Crippen LogP contribution in [-0.4, -0.2) is 18.0 Å². The quantitative estimate of drug-likeness (QED) is 0.395. The highest BCUT2D eigenvalue weighted by Crippen LogP contribution is 2.23. The van der Waals surface area contributed by atoms with Gasteiger partial charge in [0.25, 0.3) is 0 Å². The zero-order valence-corrected chi connectivity index (χ0v) is 20.6. The van der Waals surface area contributed by atoms with Crippen molar-refractivity contribution in [1.82, 2.24) is 4.90 Å². The number of benzene rings is 2. The topological polar surface area (TPSA) is 3.24 Å². The van der Waals surface area contributed by atoms with E-state index in [1.807, 2.05) is 0 Å². The molecule has 3 rings (SSSR count). The van der Waals surface area contributed by atoms with Gasteiger partial charge < -0.3 is 0 Å². The van der Waals surface area contributed by atoms with Crippen LogP contribution < -0.4 is 0 Å². The van der Waals surface area contributed by atoms with Crippen LogP contribution in [0.3, 0.4) is 0 Å². The van der Waals surface area contributed by atoms with E-state index in [1.165, 1.54) is 86.7 Å². The highest BCUT2D eigenvalue weighted by molar-refractivity contribution is 5.62. The molecule has 1 nitrogen and oxygen atoms in total. The van der Waals surface area contributed by atoms with E-state index in [-0.39, 0.29) is 0 Å². The van der Waals surface area contributed by atoms with E-state index in [2.05, 4.69) is 87.7 Å². The molecular formula is C30H45N. The normalized spacial score (nSPS) is 14.7. The van der Waals surface area contributed by atoms with Gasteiger partial charge in [-0.3, -0.25) is 4.90 Å². The molecule has 0 saturated carbocycles. The summed E-state index contributed by atoms with van der Waals surface area (Å²) in [6.07, 6.45) is 10.4. The Kier molecular flexibility index (Phi) is 11.7. The maximum Gasteiger partial charge on any atom is 0.0233 e. The van der Waals surface area contributed by atoms with Gasteiger partial charge in [0, 0.05) is 6.54 Å². The van der Waals surface area contributed by atoms with Crippen LogP contribution in [0.4, 0.5) is 0 Å². The number of likely N-dealkylation sites (tertiary alicyclic amines) is 1. The molecule has 31 heavy (non-hydrogen) atoms. The second-order valence-electron chi connectivity index (χ2n) is 9.26. The lowest BCUT2D eigenvalue weighted by molar-refractivity contribution is 0.172. The number of aryl methyl sites for hydroxylation is 2. The summed E-state index contributed by atoms with van der Waals surface area (Å²) >= 11 is 0. The fraction of sp³-hybridized carbons (Fsp3) is 0.533. The third kappa shape index (κ3) is 9.03. The molecule has 2 aromatic carbocycles. The first-order valence-corrected chi connectivity index (χ1v) is 12.6. The van der Waals surface area contributed by atoms with Crippen LogP contribution in [0.25, 0.3) is 5.57 Å². The average Bonchev–Trinajstić information content (AvgIpc) is 2.78. The van der Waals surface area contributed by atoms with Gasteiger partial charge in [0.05, 0.1) is 0 Å². The minimum Gasteiger partial charge on any atom is -0.299 e. The molecule has 0 atom stereocenters. The summed E-state index contributed by atoms with van der Waals surface area (Å²) in [6, 6.07) is 17.6. The number of hydrogen-bond donors (Lipinski definition) is 0. The Balaban J connectivity index is 0.000000221. The molecule has 1 heteroatoms. The maximum absolute atomic E-state index is 4.00. The van der Waals surface area contributed by atoms with Crippen molar-refractivity contribution in [2.45, 2.75) is 85.6 Å². The maximum atomic E-state index is 4.00. The Morgan fingerprint density at radius 3 is 2.10 bits per heavy atom. The predicted molar refractivity (Wildman–Crippen MR) is 138 cm³/mol. The van der Waals surface area contributed by atoms with Gasteiger partial charge in [-0.1, -0.05) is 107 Å². The summed E-state index contributed by atoms with van der Waals surface area (Å²) in [6.45, 7) is 16.6. The van der Waals surface area contributed by atoms with Gasteiger partial charge in [-0.15, -0.1) is 0 Å². The summed E-state index contributed by atoms with van der Waals surface area (Å²) in [5.41, 5.74) is 6.94. The van der Waals surface area contributed by atoms with Crippen LogP contribution in [0.5, 0.6) is 0 Å². The zero-order valence-electron chi connectivity index (χ0n) is 20.6. The van der Waals surface area contributed by atoms with Gasteiger partial charge in [0.1, 0.15) is 0 Å². The molecule has 2 aromatic rings. The van der Waals surface area contributed by atoms with Crippen molar-refractivity contribution in [3.8, 4) is 0 Å². The summed E-state index contributed by atoms with van der Waals surface area (Å²) in [5.74, 6) is 0.997. The second-order valence-corrected chi connectivity index (χ2v) is 9.26. The molecule has 0 unspecified atom stereocenters. The molecule has 1 saturated heterocycles. The van der Waals surface area contributed by atoms with Crippen molar-refractivity contribution in [2.75, 3.05) is 13.1 Å². The van der Waals surface area contributed by atoms with Crippen LogP contribution >= 0.6 is 0 Å². The molecular weight excluding hydrogens is 374 g/mol. The Labute approximate surface area is 192 Å². The molecule has 0 amide bonds. The van der Waals surface area contributed by atoms with Crippen molar-refractivity contribution in [3.05, 3.63) is 77.4 Å². The first kappa shape index (κ1) is 25.4. The van der Waals surface area contributed by atoms with E-state index >= 15 is 0 Å². The summed E-state index contributed by atoms with van der Waals surface area (Å²) in [5, 5.41) is 0. The summed E-state index contributed by atoms with van der Waals surface area (Å²) in [7, 11) is 0. The molecule has 170 valence electrons. The third-order valence-electron chi connectivity index (χ3n) is 6.39. The Morgan fingerprint density at radius 1 is 0.871 bits per heavy atom. The van der Waals surface area contributed by atoms with Crippen LogP contribution in [-0.2, 0) is 19.4 Å².